The zero-order valence-electron chi connectivity index (χ0n) is 27.3. The number of nitro benzene ring substituents is 1. The molecule has 2 aliphatic heterocycles. The molecule has 11 heteroatoms. The lowest BCUT2D eigenvalue weighted by Crippen LogP contribution is -2.46. The van der Waals surface area contributed by atoms with Gasteiger partial charge in [-0.05, 0) is 110 Å². The van der Waals surface area contributed by atoms with Gasteiger partial charge in [-0.2, -0.15) is 0 Å². The number of hydrogen-bond acceptors (Lipinski definition) is 8. The van der Waals surface area contributed by atoms with Gasteiger partial charge in [-0.3, -0.25) is 19.7 Å². The molecule has 1 aliphatic carbocycles. The van der Waals surface area contributed by atoms with Crippen molar-refractivity contribution >= 4 is 36.4 Å². The van der Waals surface area contributed by atoms with Crippen molar-refractivity contribution < 1.29 is 34.0 Å². The third kappa shape index (κ3) is 6.52. The molecule has 0 aromatic heterocycles. The Morgan fingerprint density at radius 1 is 1.06 bits per heavy atom. The molecule has 2 heterocycles. The monoisotopic (exact) mass is 650 g/mol. The number of aromatic hydroxyl groups is 1. The van der Waals surface area contributed by atoms with E-state index in [1.54, 1.807) is 0 Å². The third-order valence-electron chi connectivity index (χ3n) is 9.83. The molecule has 3 aliphatic rings. The van der Waals surface area contributed by atoms with Gasteiger partial charge in [0.05, 0.1) is 28.6 Å². The Bertz CT molecular complexity index is 1780. The van der Waals surface area contributed by atoms with Gasteiger partial charge in [0, 0.05) is 12.1 Å². The van der Waals surface area contributed by atoms with Crippen molar-refractivity contribution in [2.24, 2.45) is 17.8 Å². The number of phenolic OH excluding ortho intramolecular Hbond substituents is 1. The summed E-state index contributed by atoms with van der Waals surface area (Å²) in [5.74, 6) is -1.78. The average molecular weight is 651 g/mol. The summed E-state index contributed by atoms with van der Waals surface area (Å²) in [6.45, 7) is 6.02. The number of nitrogens with zero attached hydrogens (tertiary/aromatic N) is 2. The summed E-state index contributed by atoms with van der Waals surface area (Å²) in [5.41, 5.74) is 5.49. The number of imide groups is 1. The molecule has 248 valence electrons. The quantitative estimate of drug-likeness (QED) is 0.0826. The van der Waals surface area contributed by atoms with Crippen LogP contribution in [0.15, 0.2) is 83.4 Å². The first-order valence-electron chi connectivity index (χ1n) is 16.4. The van der Waals surface area contributed by atoms with Crippen LogP contribution in [0.4, 0.5) is 11.4 Å². The second-order valence-corrected chi connectivity index (χ2v) is 12.9. The van der Waals surface area contributed by atoms with Crippen LogP contribution in [0.3, 0.4) is 0 Å². The predicted molar refractivity (Wildman–Crippen MR) is 182 cm³/mol. The number of para-hydroxylation sites is 1. The molecule has 0 bridgehead atoms. The fourth-order valence-electron chi connectivity index (χ4n) is 7.56. The Kier molecular flexibility index (Phi) is 9.53. The number of hydrogen-bond donors (Lipinski definition) is 2. The highest BCUT2D eigenvalue weighted by atomic mass is 16.6. The number of ether oxygens (including phenoxy) is 1. The third-order valence-corrected chi connectivity index (χ3v) is 9.83. The Morgan fingerprint density at radius 3 is 2.48 bits per heavy atom. The number of amides is 2. The Labute approximate surface area is 280 Å². The van der Waals surface area contributed by atoms with E-state index in [1.807, 2.05) is 56.3 Å². The maximum absolute atomic E-state index is 14.1. The van der Waals surface area contributed by atoms with Gasteiger partial charge in [-0.1, -0.05) is 42.8 Å². The molecular formula is C37H39BN2O8. The summed E-state index contributed by atoms with van der Waals surface area (Å²) in [5, 5.41) is 32.7. The Morgan fingerprint density at radius 2 is 1.79 bits per heavy atom. The largest absolute Gasteiger partial charge is 0.507 e. The number of fused-ring (bicyclic) bond motifs is 3. The fourth-order valence-corrected chi connectivity index (χ4v) is 7.56. The van der Waals surface area contributed by atoms with Crippen LogP contribution in [-0.4, -0.2) is 46.7 Å². The Balaban J connectivity index is 1.33. The van der Waals surface area contributed by atoms with Gasteiger partial charge >= 0.3 is 7.12 Å². The highest BCUT2D eigenvalue weighted by Gasteiger charge is 2.57. The summed E-state index contributed by atoms with van der Waals surface area (Å²) < 4.78 is 12.4. The molecule has 0 unspecified atom stereocenters. The molecular weight excluding hydrogens is 611 g/mol. The van der Waals surface area contributed by atoms with Crippen molar-refractivity contribution in [2.45, 2.75) is 58.9 Å². The number of carbonyl (C=O) groups is 2. The highest BCUT2D eigenvalue weighted by Crippen LogP contribution is 2.51. The normalized spacial score (nSPS) is 22.5. The van der Waals surface area contributed by atoms with Crippen LogP contribution in [0.1, 0.15) is 49.3 Å². The van der Waals surface area contributed by atoms with Gasteiger partial charge in [-0.15, -0.1) is 0 Å². The first-order chi connectivity index (χ1) is 23.0. The molecule has 0 spiro atoms. The average Bonchev–Trinajstić information content (AvgIpc) is 3.33. The van der Waals surface area contributed by atoms with Crippen LogP contribution in [0.2, 0.25) is 6.32 Å². The number of benzene rings is 3. The van der Waals surface area contributed by atoms with E-state index in [1.165, 1.54) is 29.8 Å². The topological polar surface area (TPSA) is 139 Å². The second-order valence-electron chi connectivity index (χ2n) is 12.9. The minimum Gasteiger partial charge on any atom is -0.507 e. The summed E-state index contributed by atoms with van der Waals surface area (Å²) in [6, 6.07) is 18.8. The molecule has 3 aromatic carbocycles. The summed E-state index contributed by atoms with van der Waals surface area (Å²) in [7, 11) is -1.13. The van der Waals surface area contributed by atoms with Crippen molar-refractivity contribution in [3.63, 3.8) is 0 Å². The molecule has 48 heavy (non-hydrogen) atoms. The first-order valence-corrected chi connectivity index (χ1v) is 16.4. The molecule has 3 aromatic rings. The number of aryl methyl sites for hydroxylation is 2. The summed E-state index contributed by atoms with van der Waals surface area (Å²) in [4.78, 5) is 40.1. The second kappa shape index (κ2) is 13.8. The lowest BCUT2D eigenvalue weighted by molar-refractivity contribution is -0.384. The zero-order chi connectivity index (χ0) is 34.1. The van der Waals surface area contributed by atoms with E-state index >= 15 is 0 Å². The van der Waals surface area contributed by atoms with Gasteiger partial charge in [0.15, 0.2) is 0 Å². The predicted octanol–water partition coefficient (Wildman–Crippen LogP) is 6.57. The standard InChI is InChI=1S/C37H39BN2O8/c1-4-24(17-25-15-22(2)35(41)23(3)16-25)13-14-32-33-26(21-47-29-11-6-5-7-12-29)18-30-34(31(33)20-38(44)48-32)37(43)39(36(30)42)27-9-8-10-28(19-27)40(45)46/h5-12,15-17,19,30-32,34,41,44H,4,13-14,18,20-21H2,1-3H3/b24-17+/t30-,31+,32-,34-/m1/s1. The van der Waals surface area contributed by atoms with Crippen LogP contribution in [0.25, 0.3) is 6.08 Å². The highest BCUT2D eigenvalue weighted by molar-refractivity contribution is 6.43. The van der Waals surface area contributed by atoms with Crippen LogP contribution >= 0.6 is 0 Å². The summed E-state index contributed by atoms with van der Waals surface area (Å²) in [6.07, 6.45) is 4.03. The van der Waals surface area contributed by atoms with E-state index in [0.717, 1.165) is 39.2 Å². The maximum atomic E-state index is 14.1. The van der Waals surface area contributed by atoms with E-state index in [9.17, 15) is 29.8 Å². The lowest BCUT2D eigenvalue weighted by atomic mass is 9.58. The van der Waals surface area contributed by atoms with Crippen molar-refractivity contribution in [3.05, 3.63) is 110 Å². The first kappa shape index (κ1) is 33.2. The minimum absolute atomic E-state index is 0.145. The van der Waals surface area contributed by atoms with Crippen LogP contribution in [0.5, 0.6) is 11.5 Å². The maximum Gasteiger partial charge on any atom is 0.455 e. The van der Waals surface area contributed by atoms with Crippen LogP contribution in [0, 0.1) is 41.7 Å². The van der Waals surface area contributed by atoms with E-state index in [0.29, 0.717) is 18.6 Å². The molecule has 6 rings (SSSR count). The van der Waals surface area contributed by atoms with E-state index in [-0.39, 0.29) is 36.5 Å². The summed E-state index contributed by atoms with van der Waals surface area (Å²) >= 11 is 0. The number of carbonyl (C=O) groups excluding carboxylic acids is 2. The van der Waals surface area contributed by atoms with E-state index in [4.69, 9.17) is 9.39 Å². The fraction of sp³-hybridized carbons (Fsp3) is 0.351. The molecule has 10 nitrogen and oxygen atoms in total. The molecule has 2 fully saturated rings. The van der Waals surface area contributed by atoms with E-state index < -0.39 is 47.7 Å². The number of nitro groups is 1. The molecule has 0 radical (unpaired) electrons. The molecule has 4 atom stereocenters. The van der Waals surface area contributed by atoms with Crippen molar-refractivity contribution in [2.75, 3.05) is 11.5 Å². The van der Waals surface area contributed by atoms with Crippen molar-refractivity contribution in [1.82, 2.24) is 0 Å². The molecule has 2 saturated heterocycles. The van der Waals surface area contributed by atoms with E-state index in [2.05, 4.69) is 13.0 Å². The van der Waals surface area contributed by atoms with Gasteiger partial charge in [-0.25, -0.2) is 4.90 Å². The number of allylic oxidation sites excluding steroid dienone is 1. The SMILES string of the molecule is CC/C(=C\c1cc(C)c(O)c(C)c1)CC[C@H]1OB(O)C[C@H]2C1=C(COc1ccccc1)C[C@H]1C(=O)N(c3cccc([N+](=O)[O-])c3)C(=O)[C@H]12. The lowest BCUT2D eigenvalue weighted by Gasteiger charge is -2.43. The number of phenols is 1. The number of non-ortho nitro benzene ring substituents is 1. The molecule has 2 N–H and O–H groups in total. The van der Waals surface area contributed by atoms with Crippen LogP contribution in [-0.2, 0) is 14.2 Å². The number of rotatable bonds is 10. The van der Waals surface area contributed by atoms with Gasteiger partial charge in [0.25, 0.3) is 5.69 Å². The van der Waals surface area contributed by atoms with Crippen molar-refractivity contribution in [1.29, 1.82) is 0 Å². The molecule has 2 amide bonds. The van der Waals surface area contributed by atoms with Crippen LogP contribution < -0.4 is 9.64 Å². The molecule has 0 saturated carbocycles. The Hall–Kier alpha value is -4.74. The minimum atomic E-state index is -1.13. The number of anilines is 1. The smallest absolute Gasteiger partial charge is 0.455 e. The van der Waals surface area contributed by atoms with Crippen molar-refractivity contribution in [3.8, 4) is 11.5 Å². The van der Waals surface area contributed by atoms with Gasteiger partial charge in [0.2, 0.25) is 11.8 Å². The van der Waals surface area contributed by atoms with Gasteiger partial charge < -0.3 is 19.5 Å². The zero-order valence-corrected chi connectivity index (χ0v) is 27.3. The van der Waals surface area contributed by atoms with Gasteiger partial charge in [0.1, 0.15) is 18.1 Å².